The molecule has 4 N–H and O–H groups in total. The molecule has 0 aromatic heterocycles. The van der Waals surface area contributed by atoms with Gasteiger partial charge in [0.15, 0.2) is 0 Å². The Labute approximate surface area is 113 Å². The Morgan fingerprint density at radius 3 is 1.30 bits per heavy atom. The number of carbonyl (C=O) groups is 4. The summed E-state index contributed by atoms with van der Waals surface area (Å²) in [5.74, 6) is -3.49. The highest BCUT2D eigenvalue weighted by Gasteiger charge is 2.10. The number of hydrogen-bond donors (Lipinski definition) is 4. The van der Waals surface area contributed by atoms with E-state index in [0.29, 0.717) is 0 Å². The molecule has 1 rings (SSSR count). The second-order valence-corrected chi connectivity index (χ2v) is 3.73. The predicted molar refractivity (Wildman–Crippen MR) is 66.4 cm³/mol. The van der Waals surface area contributed by atoms with Crippen LogP contribution in [0.15, 0.2) is 24.3 Å². The number of aliphatic carboxylic acids is 2. The standard InChI is InChI=1S/C12H12N2O6/c15-9(16)5-13-11(19)7-1-2-8(4-3-7)12(20)14-6-10(17)18/h1-4H,5-6H2,(H,13,19)(H,14,20)(H,15,16)(H,17,18). The Balaban J connectivity index is 2.63. The average Bonchev–Trinajstić information content (AvgIpc) is 2.42. The van der Waals surface area contributed by atoms with Gasteiger partial charge in [0.1, 0.15) is 13.1 Å². The van der Waals surface area contributed by atoms with E-state index in [2.05, 4.69) is 10.6 Å². The van der Waals surface area contributed by atoms with E-state index in [1.807, 2.05) is 0 Å². The molecule has 0 atom stereocenters. The van der Waals surface area contributed by atoms with Gasteiger partial charge in [0.25, 0.3) is 11.8 Å². The zero-order valence-corrected chi connectivity index (χ0v) is 10.3. The Hall–Kier alpha value is -2.90. The molecule has 0 unspecified atom stereocenters. The Bertz CT molecular complexity index is 488. The highest BCUT2D eigenvalue weighted by Crippen LogP contribution is 2.04. The molecule has 8 heteroatoms. The molecule has 0 radical (unpaired) electrons. The molecule has 0 aliphatic carbocycles. The summed E-state index contributed by atoms with van der Waals surface area (Å²) >= 11 is 0. The molecule has 0 bridgehead atoms. The predicted octanol–water partition coefficient (Wildman–Crippen LogP) is -0.685. The van der Waals surface area contributed by atoms with Gasteiger partial charge < -0.3 is 20.8 Å². The first-order valence-corrected chi connectivity index (χ1v) is 5.50. The molecule has 2 amide bonds. The van der Waals surface area contributed by atoms with Crippen LogP contribution in [0.1, 0.15) is 20.7 Å². The van der Waals surface area contributed by atoms with Gasteiger partial charge in [-0.1, -0.05) is 0 Å². The number of amides is 2. The lowest BCUT2D eigenvalue weighted by Gasteiger charge is -2.05. The molecule has 106 valence electrons. The van der Waals surface area contributed by atoms with Crippen molar-refractivity contribution in [3.8, 4) is 0 Å². The van der Waals surface area contributed by atoms with Crippen molar-refractivity contribution in [2.75, 3.05) is 13.1 Å². The summed E-state index contributed by atoms with van der Waals surface area (Å²) in [4.78, 5) is 43.6. The minimum Gasteiger partial charge on any atom is -0.480 e. The molecule has 0 spiro atoms. The Morgan fingerprint density at radius 2 is 1.05 bits per heavy atom. The molecule has 0 saturated carbocycles. The normalized spacial score (nSPS) is 9.60. The van der Waals surface area contributed by atoms with E-state index in [4.69, 9.17) is 10.2 Å². The van der Waals surface area contributed by atoms with Crippen LogP contribution in [-0.2, 0) is 9.59 Å². The number of carbonyl (C=O) groups excluding carboxylic acids is 2. The molecular formula is C12H12N2O6. The van der Waals surface area contributed by atoms with Crippen molar-refractivity contribution in [3.05, 3.63) is 35.4 Å². The van der Waals surface area contributed by atoms with Crippen molar-refractivity contribution in [2.24, 2.45) is 0 Å². The summed E-state index contributed by atoms with van der Waals surface area (Å²) in [7, 11) is 0. The first-order chi connectivity index (χ1) is 9.40. The highest BCUT2D eigenvalue weighted by atomic mass is 16.4. The lowest BCUT2D eigenvalue weighted by molar-refractivity contribution is -0.136. The minimum absolute atomic E-state index is 0.195. The molecule has 0 aliphatic heterocycles. The fraction of sp³-hybridized carbons (Fsp3) is 0.167. The topological polar surface area (TPSA) is 133 Å². The van der Waals surface area contributed by atoms with Crippen LogP contribution in [-0.4, -0.2) is 47.1 Å². The van der Waals surface area contributed by atoms with Gasteiger partial charge in [0.2, 0.25) is 0 Å². The largest absolute Gasteiger partial charge is 0.480 e. The number of hydrogen-bond acceptors (Lipinski definition) is 4. The maximum Gasteiger partial charge on any atom is 0.322 e. The van der Waals surface area contributed by atoms with E-state index in [1.165, 1.54) is 24.3 Å². The van der Waals surface area contributed by atoms with Gasteiger partial charge in [-0.2, -0.15) is 0 Å². The van der Waals surface area contributed by atoms with Gasteiger partial charge in [0, 0.05) is 11.1 Å². The van der Waals surface area contributed by atoms with Crippen LogP contribution in [0.2, 0.25) is 0 Å². The lowest BCUT2D eigenvalue weighted by Crippen LogP contribution is -2.30. The summed E-state index contributed by atoms with van der Waals surface area (Å²) in [6, 6.07) is 5.36. The zero-order chi connectivity index (χ0) is 15.1. The van der Waals surface area contributed by atoms with Gasteiger partial charge in [0.05, 0.1) is 0 Å². The van der Waals surface area contributed by atoms with Crippen LogP contribution in [0.5, 0.6) is 0 Å². The lowest BCUT2D eigenvalue weighted by atomic mass is 10.1. The van der Waals surface area contributed by atoms with Crippen molar-refractivity contribution < 1.29 is 29.4 Å². The van der Waals surface area contributed by atoms with Crippen LogP contribution < -0.4 is 10.6 Å². The van der Waals surface area contributed by atoms with E-state index < -0.39 is 36.8 Å². The molecule has 1 aromatic rings. The molecule has 0 heterocycles. The molecule has 1 aromatic carbocycles. The van der Waals surface area contributed by atoms with Crippen molar-refractivity contribution in [1.29, 1.82) is 0 Å². The van der Waals surface area contributed by atoms with E-state index >= 15 is 0 Å². The van der Waals surface area contributed by atoms with E-state index in [1.54, 1.807) is 0 Å². The smallest absolute Gasteiger partial charge is 0.322 e. The van der Waals surface area contributed by atoms with Crippen LogP contribution in [0.25, 0.3) is 0 Å². The fourth-order valence-electron chi connectivity index (χ4n) is 1.29. The maximum absolute atomic E-state index is 11.5. The first kappa shape index (κ1) is 15.2. The monoisotopic (exact) mass is 280 g/mol. The number of carboxylic acid groups (broad SMARTS) is 2. The first-order valence-electron chi connectivity index (χ1n) is 5.50. The third-order valence-corrected chi connectivity index (χ3v) is 2.21. The fourth-order valence-corrected chi connectivity index (χ4v) is 1.29. The zero-order valence-electron chi connectivity index (χ0n) is 10.3. The number of rotatable bonds is 6. The highest BCUT2D eigenvalue weighted by molar-refractivity contribution is 5.99. The quantitative estimate of drug-likeness (QED) is 0.545. The van der Waals surface area contributed by atoms with Crippen molar-refractivity contribution in [2.45, 2.75) is 0 Å². The van der Waals surface area contributed by atoms with Gasteiger partial charge in [-0.3, -0.25) is 19.2 Å². The third-order valence-electron chi connectivity index (χ3n) is 2.21. The number of nitrogens with one attached hydrogen (secondary N) is 2. The van der Waals surface area contributed by atoms with Gasteiger partial charge in [-0.25, -0.2) is 0 Å². The minimum atomic E-state index is -1.16. The summed E-state index contributed by atoms with van der Waals surface area (Å²) < 4.78 is 0. The van der Waals surface area contributed by atoms with Crippen LogP contribution >= 0.6 is 0 Å². The van der Waals surface area contributed by atoms with Crippen molar-refractivity contribution >= 4 is 23.8 Å². The molecule has 20 heavy (non-hydrogen) atoms. The molecule has 0 saturated heterocycles. The molecule has 0 aliphatic rings. The number of benzene rings is 1. The Kier molecular flexibility index (Phi) is 5.21. The van der Waals surface area contributed by atoms with Crippen LogP contribution in [0.3, 0.4) is 0 Å². The summed E-state index contributed by atoms with van der Waals surface area (Å²) in [6.45, 7) is -1.00. The van der Waals surface area contributed by atoms with E-state index in [-0.39, 0.29) is 11.1 Å². The van der Waals surface area contributed by atoms with Gasteiger partial charge in [-0.05, 0) is 24.3 Å². The van der Waals surface area contributed by atoms with Gasteiger partial charge in [-0.15, -0.1) is 0 Å². The summed E-state index contributed by atoms with van der Waals surface area (Å²) in [5, 5.41) is 21.2. The summed E-state index contributed by atoms with van der Waals surface area (Å²) in [5.41, 5.74) is 0.391. The second-order valence-electron chi connectivity index (χ2n) is 3.73. The van der Waals surface area contributed by atoms with E-state index in [9.17, 15) is 19.2 Å². The SMILES string of the molecule is O=C(O)CNC(=O)c1ccc(C(=O)NCC(=O)O)cc1. The van der Waals surface area contributed by atoms with Crippen LogP contribution in [0.4, 0.5) is 0 Å². The third kappa shape index (κ3) is 4.77. The maximum atomic E-state index is 11.5. The van der Waals surface area contributed by atoms with Gasteiger partial charge >= 0.3 is 11.9 Å². The van der Waals surface area contributed by atoms with Crippen molar-refractivity contribution in [1.82, 2.24) is 10.6 Å². The molecule has 8 nitrogen and oxygen atoms in total. The number of carboxylic acids is 2. The molecular weight excluding hydrogens is 268 g/mol. The second kappa shape index (κ2) is 6.88. The summed E-state index contributed by atoms with van der Waals surface area (Å²) in [6.07, 6.45) is 0. The van der Waals surface area contributed by atoms with E-state index in [0.717, 1.165) is 0 Å². The van der Waals surface area contributed by atoms with Crippen molar-refractivity contribution in [3.63, 3.8) is 0 Å². The molecule has 0 fully saturated rings. The average molecular weight is 280 g/mol. The Morgan fingerprint density at radius 1 is 0.750 bits per heavy atom. The van der Waals surface area contributed by atoms with Crippen LogP contribution in [0, 0.1) is 0 Å².